The van der Waals surface area contributed by atoms with Gasteiger partial charge in [0.15, 0.2) is 0 Å². The number of nitrogens with zero attached hydrogens (tertiary/aromatic N) is 3. The van der Waals surface area contributed by atoms with Gasteiger partial charge in [0.05, 0.1) is 13.2 Å². The summed E-state index contributed by atoms with van der Waals surface area (Å²) in [6.07, 6.45) is 8.71. The van der Waals surface area contributed by atoms with E-state index in [1.54, 1.807) is 0 Å². The molecule has 1 saturated carbocycles. The Balaban J connectivity index is 1.55. The predicted molar refractivity (Wildman–Crippen MR) is 78.3 cm³/mol. The third-order valence-electron chi connectivity index (χ3n) is 5.35. The summed E-state index contributed by atoms with van der Waals surface area (Å²) in [5, 5.41) is 13.1. The van der Waals surface area contributed by atoms with E-state index in [4.69, 9.17) is 0 Å². The van der Waals surface area contributed by atoms with E-state index >= 15 is 0 Å². The van der Waals surface area contributed by atoms with Crippen molar-refractivity contribution in [1.29, 1.82) is 0 Å². The van der Waals surface area contributed by atoms with E-state index in [0.29, 0.717) is 5.92 Å². The molecule has 1 aromatic heterocycles. The molecule has 2 unspecified atom stereocenters. The van der Waals surface area contributed by atoms with Crippen LogP contribution >= 0.6 is 0 Å². The van der Waals surface area contributed by atoms with Gasteiger partial charge in [0.1, 0.15) is 5.82 Å². The van der Waals surface area contributed by atoms with Crippen molar-refractivity contribution in [3.63, 3.8) is 0 Å². The van der Waals surface area contributed by atoms with Crippen molar-refractivity contribution in [2.24, 2.45) is 5.92 Å². The standard InChI is InChI=1S/C15H26N4O/c1-16-15(12-20)5-2-3-13(15)4-7-18-9-10-19-8-6-17-14(19)11-18/h6,8,13,16,20H,2-5,7,9-12H2,1H3. The molecule has 5 heteroatoms. The summed E-state index contributed by atoms with van der Waals surface area (Å²) in [5.74, 6) is 1.78. The van der Waals surface area contributed by atoms with Gasteiger partial charge in [0, 0.05) is 31.0 Å². The van der Waals surface area contributed by atoms with Gasteiger partial charge in [0.25, 0.3) is 0 Å². The van der Waals surface area contributed by atoms with E-state index in [2.05, 4.69) is 26.0 Å². The molecule has 3 rings (SSSR count). The van der Waals surface area contributed by atoms with E-state index in [0.717, 1.165) is 32.6 Å². The molecule has 1 aromatic rings. The average molecular weight is 278 g/mol. The number of fused-ring (bicyclic) bond motifs is 1. The minimum Gasteiger partial charge on any atom is -0.394 e. The summed E-state index contributed by atoms with van der Waals surface area (Å²) in [7, 11) is 1.99. The van der Waals surface area contributed by atoms with Crippen LogP contribution in [0.5, 0.6) is 0 Å². The molecule has 5 nitrogen and oxygen atoms in total. The summed E-state index contributed by atoms with van der Waals surface area (Å²) < 4.78 is 2.25. The van der Waals surface area contributed by atoms with Crippen LogP contribution < -0.4 is 5.32 Å². The molecule has 2 N–H and O–H groups in total. The normalized spacial score (nSPS) is 30.6. The number of likely N-dealkylation sites (N-methyl/N-ethyl adjacent to an activating group) is 1. The summed E-state index contributed by atoms with van der Waals surface area (Å²) >= 11 is 0. The van der Waals surface area contributed by atoms with E-state index in [1.165, 1.54) is 25.1 Å². The van der Waals surface area contributed by atoms with Crippen molar-refractivity contribution in [3.8, 4) is 0 Å². The van der Waals surface area contributed by atoms with E-state index in [1.807, 2.05) is 13.2 Å². The van der Waals surface area contributed by atoms with Crippen molar-refractivity contribution in [2.45, 2.75) is 44.3 Å². The lowest BCUT2D eigenvalue weighted by molar-refractivity contribution is 0.113. The monoisotopic (exact) mass is 278 g/mol. The molecule has 2 heterocycles. The SMILES string of the molecule is CNC1(CO)CCCC1CCN1CCn2ccnc2C1. The first-order chi connectivity index (χ1) is 9.77. The van der Waals surface area contributed by atoms with Crippen LogP contribution in [0.25, 0.3) is 0 Å². The zero-order valence-corrected chi connectivity index (χ0v) is 12.4. The van der Waals surface area contributed by atoms with Crippen LogP contribution in [0, 0.1) is 5.92 Å². The van der Waals surface area contributed by atoms with Gasteiger partial charge >= 0.3 is 0 Å². The Morgan fingerprint density at radius 2 is 2.40 bits per heavy atom. The molecule has 2 atom stereocenters. The number of imidazole rings is 1. The van der Waals surface area contributed by atoms with E-state index < -0.39 is 0 Å². The number of nitrogens with one attached hydrogen (secondary N) is 1. The molecular weight excluding hydrogens is 252 g/mol. The molecule has 0 saturated heterocycles. The van der Waals surface area contributed by atoms with Crippen molar-refractivity contribution in [2.75, 3.05) is 26.7 Å². The van der Waals surface area contributed by atoms with Gasteiger partial charge in [-0.1, -0.05) is 6.42 Å². The second kappa shape index (κ2) is 5.84. The summed E-state index contributed by atoms with van der Waals surface area (Å²) in [5.41, 5.74) is -0.0335. The number of rotatable bonds is 5. The minimum absolute atomic E-state index is 0.0335. The van der Waals surface area contributed by atoms with Gasteiger partial charge in [-0.05, 0) is 38.8 Å². The highest BCUT2D eigenvalue weighted by Gasteiger charge is 2.40. The van der Waals surface area contributed by atoms with Gasteiger partial charge in [-0.2, -0.15) is 0 Å². The van der Waals surface area contributed by atoms with Crippen LogP contribution in [-0.2, 0) is 13.1 Å². The molecule has 0 amide bonds. The van der Waals surface area contributed by atoms with Crippen molar-refractivity contribution >= 4 is 0 Å². The third kappa shape index (κ3) is 2.50. The number of aliphatic hydroxyl groups excluding tert-OH is 1. The summed E-state index contributed by atoms with van der Waals surface area (Å²) in [6.45, 7) is 4.50. The quantitative estimate of drug-likeness (QED) is 0.838. The molecule has 0 radical (unpaired) electrons. The fraction of sp³-hybridized carbons (Fsp3) is 0.800. The zero-order chi connectivity index (χ0) is 14.0. The number of hydrogen-bond acceptors (Lipinski definition) is 4. The lowest BCUT2D eigenvalue weighted by atomic mass is 9.85. The van der Waals surface area contributed by atoms with Crippen LogP contribution in [0.3, 0.4) is 0 Å². The predicted octanol–water partition coefficient (Wildman–Crippen LogP) is 0.839. The maximum Gasteiger partial charge on any atom is 0.122 e. The van der Waals surface area contributed by atoms with Gasteiger partial charge < -0.3 is 15.0 Å². The molecular formula is C15H26N4O. The topological polar surface area (TPSA) is 53.3 Å². The lowest BCUT2D eigenvalue weighted by Gasteiger charge is -2.35. The third-order valence-corrected chi connectivity index (χ3v) is 5.35. The average Bonchev–Trinajstić information content (AvgIpc) is 3.11. The first-order valence-electron chi connectivity index (χ1n) is 7.79. The zero-order valence-electron chi connectivity index (χ0n) is 12.4. The Kier molecular flexibility index (Phi) is 4.10. The van der Waals surface area contributed by atoms with Gasteiger partial charge in [-0.3, -0.25) is 4.90 Å². The summed E-state index contributed by atoms with van der Waals surface area (Å²) in [6, 6.07) is 0. The van der Waals surface area contributed by atoms with E-state index in [-0.39, 0.29) is 12.1 Å². The fourth-order valence-corrected chi connectivity index (χ4v) is 3.93. The Bertz CT molecular complexity index is 441. The Morgan fingerprint density at radius 1 is 1.50 bits per heavy atom. The van der Waals surface area contributed by atoms with Crippen molar-refractivity contribution in [3.05, 3.63) is 18.2 Å². The van der Waals surface area contributed by atoms with Crippen LogP contribution in [-0.4, -0.2) is 51.8 Å². The van der Waals surface area contributed by atoms with Crippen LogP contribution in [0.2, 0.25) is 0 Å². The molecule has 2 aliphatic rings. The molecule has 1 fully saturated rings. The maximum atomic E-state index is 9.74. The Hall–Kier alpha value is -0.910. The summed E-state index contributed by atoms with van der Waals surface area (Å²) in [4.78, 5) is 6.92. The second-order valence-electron chi connectivity index (χ2n) is 6.26. The molecule has 0 spiro atoms. The molecule has 20 heavy (non-hydrogen) atoms. The van der Waals surface area contributed by atoms with Crippen molar-refractivity contribution in [1.82, 2.24) is 19.8 Å². The number of hydrogen-bond donors (Lipinski definition) is 2. The molecule has 0 aromatic carbocycles. The smallest absolute Gasteiger partial charge is 0.122 e. The maximum absolute atomic E-state index is 9.74. The number of aliphatic hydroxyl groups is 1. The second-order valence-corrected chi connectivity index (χ2v) is 6.26. The van der Waals surface area contributed by atoms with Crippen LogP contribution in [0.15, 0.2) is 12.4 Å². The Labute approximate surface area is 121 Å². The molecule has 0 bridgehead atoms. The van der Waals surface area contributed by atoms with Gasteiger partial charge in [-0.25, -0.2) is 4.98 Å². The van der Waals surface area contributed by atoms with Crippen LogP contribution in [0.4, 0.5) is 0 Å². The van der Waals surface area contributed by atoms with Gasteiger partial charge in [0.2, 0.25) is 0 Å². The number of aromatic nitrogens is 2. The van der Waals surface area contributed by atoms with E-state index in [9.17, 15) is 5.11 Å². The molecule has 112 valence electrons. The highest BCUT2D eigenvalue weighted by Crippen LogP contribution is 2.37. The highest BCUT2D eigenvalue weighted by atomic mass is 16.3. The van der Waals surface area contributed by atoms with Crippen LogP contribution in [0.1, 0.15) is 31.5 Å². The van der Waals surface area contributed by atoms with Crippen molar-refractivity contribution < 1.29 is 5.11 Å². The molecule has 1 aliphatic carbocycles. The largest absolute Gasteiger partial charge is 0.394 e. The Morgan fingerprint density at radius 3 is 3.20 bits per heavy atom. The first-order valence-corrected chi connectivity index (χ1v) is 7.79. The first kappa shape index (κ1) is 14.0. The lowest BCUT2D eigenvalue weighted by Crippen LogP contribution is -2.50. The highest BCUT2D eigenvalue weighted by molar-refractivity contribution is 4.99. The van der Waals surface area contributed by atoms with Gasteiger partial charge in [-0.15, -0.1) is 0 Å². The fourth-order valence-electron chi connectivity index (χ4n) is 3.93. The molecule has 1 aliphatic heterocycles. The minimum atomic E-state index is -0.0335.